The molecule has 2 rings (SSSR count). The highest BCUT2D eigenvalue weighted by Crippen LogP contribution is 2.05. The van der Waals surface area contributed by atoms with Gasteiger partial charge in [0.25, 0.3) is 0 Å². The van der Waals surface area contributed by atoms with Crippen molar-refractivity contribution >= 4 is 5.91 Å². The molecule has 0 saturated carbocycles. The lowest BCUT2D eigenvalue weighted by molar-refractivity contribution is -0.122. The summed E-state index contributed by atoms with van der Waals surface area (Å²) in [6, 6.07) is 0.351. The molecular formula is C10H17N5O. The summed E-state index contributed by atoms with van der Waals surface area (Å²) in [5, 5.41) is 13.2. The van der Waals surface area contributed by atoms with Crippen LogP contribution >= 0.6 is 0 Å². The summed E-state index contributed by atoms with van der Waals surface area (Å²) >= 11 is 0. The van der Waals surface area contributed by atoms with Crippen molar-refractivity contribution in [3.63, 3.8) is 0 Å². The Bertz CT molecular complexity index is 331. The molecule has 0 unspecified atom stereocenters. The van der Waals surface area contributed by atoms with E-state index in [0.29, 0.717) is 12.5 Å². The minimum atomic E-state index is 0.140. The van der Waals surface area contributed by atoms with Gasteiger partial charge in [-0.1, -0.05) is 0 Å². The smallest absolute Gasteiger partial charge is 0.220 e. The quantitative estimate of drug-likeness (QED) is 0.709. The molecule has 1 aromatic rings. The van der Waals surface area contributed by atoms with Crippen LogP contribution in [0.2, 0.25) is 0 Å². The Labute approximate surface area is 94.4 Å². The van der Waals surface area contributed by atoms with Gasteiger partial charge in [0.15, 0.2) is 0 Å². The lowest BCUT2D eigenvalue weighted by atomic mass is 10.1. The molecule has 6 nitrogen and oxygen atoms in total. The van der Waals surface area contributed by atoms with Gasteiger partial charge in [-0.25, -0.2) is 0 Å². The fourth-order valence-electron chi connectivity index (χ4n) is 1.87. The average molecular weight is 223 g/mol. The molecule has 1 aromatic heterocycles. The minimum absolute atomic E-state index is 0.140. The van der Waals surface area contributed by atoms with E-state index in [4.69, 9.17) is 0 Å². The third-order valence-corrected chi connectivity index (χ3v) is 2.73. The number of H-pyrrole nitrogens is 1. The molecule has 16 heavy (non-hydrogen) atoms. The molecule has 0 radical (unpaired) electrons. The normalized spacial score (nSPS) is 17.1. The number of hydrogen-bond donors (Lipinski definition) is 2. The Morgan fingerprint density at radius 1 is 1.69 bits per heavy atom. The van der Waals surface area contributed by atoms with E-state index in [1.807, 2.05) is 7.05 Å². The van der Waals surface area contributed by atoms with Crippen molar-refractivity contribution in [1.29, 1.82) is 0 Å². The first kappa shape index (κ1) is 11.1. The average Bonchev–Trinajstić information content (AvgIpc) is 2.68. The number of aromatic nitrogens is 3. The second-order valence-corrected chi connectivity index (χ2v) is 4.30. The number of carbonyl (C=O) groups is 1. The van der Waals surface area contributed by atoms with Crippen molar-refractivity contribution in [3.05, 3.63) is 11.9 Å². The fourth-order valence-corrected chi connectivity index (χ4v) is 1.87. The SMILES string of the molecule is CN1CC(NC(=O)CCCc2cn[nH]n2)C1. The molecule has 0 aromatic carbocycles. The molecule has 2 heterocycles. The van der Waals surface area contributed by atoms with E-state index in [-0.39, 0.29) is 5.91 Å². The second kappa shape index (κ2) is 5.07. The Kier molecular flexibility index (Phi) is 3.51. The summed E-state index contributed by atoms with van der Waals surface area (Å²) in [5.74, 6) is 0.140. The molecule has 0 aliphatic carbocycles. The lowest BCUT2D eigenvalue weighted by Gasteiger charge is -2.36. The van der Waals surface area contributed by atoms with Crippen LogP contribution in [-0.2, 0) is 11.2 Å². The van der Waals surface area contributed by atoms with Gasteiger partial charge in [0.05, 0.1) is 17.9 Å². The molecular weight excluding hydrogens is 206 g/mol. The van der Waals surface area contributed by atoms with Gasteiger partial charge in [0.1, 0.15) is 0 Å². The molecule has 6 heteroatoms. The first-order valence-corrected chi connectivity index (χ1v) is 5.56. The monoisotopic (exact) mass is 223 g/mol. The van der Waals surface area contributed by atoms with E-state index in [0.717, 1.165) is 31.6 Å². The maximum atomic E-state index is 11.5. The first-order chi connectivity index (χ1) is 7.74. The Balaban J connectivity index is 1.57. The number of carbonyl (C=O) groups excluding carboxylic acids is 1. The fraction of sp³-hybridized carbons (Fsp3) is 0.700. The molecule has 0 spiro atoms. The zero-order valence-electron chi connectivity index (χ0n) is 9.44. The predicted molar refractivity (Wildman–Crippen MR) is 58.7 cm³/mol. The van der Waals surface area contributed by atoms with Crippen molar-refractivity contribution in [2.45, 2.75) is 25.3 Å². The van der Waals surface area contributed by atoms with Gasteiger partial charge in [-0.3, -0.25) is 4.79 Å². The second-order valence-electron chi connectivity index (χ2n) is 4.30. The Morgan fingerprint density at radius 3 is 3.12 bits per heavy atom. The number of aryl methyl sites for hydroxylation is 1. The van der Waals surface area contributed by atoms with E-state index >= 15 is 0 Å². The molecule has 0 atom stereocenters. The molecule has 1 amide bonds. The topological polar surface area (TPSA) is 73.9 Å². The van der Waals surface area contributed by atoms with Gasteiger partial charge >= 0.3 is 0 Å². The number of hydrogen-bond acceptors (Lipinski definition) is 4. The number of nitrogens with zero attached hydrogens (tertiary/aromatic N) is 3. The molecule has 88 valence electrons. The summed E-state index contributed by atoms with van der Waals surface area (Å²) in [6.45, 7) is 1.93. The van der Waals surface area contributed by atoms with E-state index in [1.165, 1.54) is 0 Å². The third kappa shape index (κ3) is 3.03. The van der Waals surface area contributed by atoms with Crippen LogP contribution in [0.3, 0.4) is 0 Å². The van der Waals surface area contributed by atoms with Gasteiger partial charge in [-0.15, -0.1) is 0 Å². The predicted octanol–water partition coefficient (Wildman–Crippen LogP) is -0.442. The number of rotatable bonds is 5. The number of aromatic amines is 1. The van der Waals surface area contributed by atoms with Crippen LogP contribution in [0, 0.1) is 0 Å². The van der Waals surface area contributed by atoms with E-state index in [9.17, 15) is 4.79 Å². The molecule has 1 aliphatic heterocycles. The van der Waals surface area contributed by atoms with Crippen LogP contribution < -0.4 is 5.32 Å². The zero-order valence-corrected chi connectivity index (χ0v) is 9.44. The molecule has 1 aliphatic rings. The van der Waals surface area contributed by atoms with E-state index < -0.39 is 0 Å². The number of amides is 1. The van der Waals surface area contributed by atoms with Crippen molar-refractivity contribution in [2.24, 2.45) is 0 Å². The molecule has 2 N–H and O–H groups in total. The van der Waals surface area contributed by atoms with Crippen LogP contribution in [-0.4, -0.2) is 52.4 Å². The highest BCUT2D eigenvalue weighted by Gasteiger charge is 2.24. The summed E-state index contributed by atoms with van der Waals surface area (Å²) in [7, 11) is 2.05. The van der Waals surface area contributed by atoms with Gasteiger partial charge in [0.2, 0.25) is 5.91 Å². The maximum absolute atomic E-state index is 11.5. The number of likely N-dealkylation sites (N-methyl/N-ethyl adjacent to an activating group) is 1. The first-order valence-electron chi connectivity index (χ1n) is 5.56. The van der Waals surface area contributed by atoms with Crippen LogP contribution in [0.5, 0.6) is 0 Å². The Morgan fingerprint density at radius 2 is 2.50 bits per heavy atom. The van der Waals surface area contributed by atoms with Crippen molar-refractivity contribution < 1.29 is 4.79 Å². The standard InChI is InChI=1S/C10H17N5O/c1-15-6-9(7-15)12-10(16)4-2-3-8-5-11-14-13-8/h5,9H,2-4,6-7H2,1H3,(H,12,16)(H,11,13,14). The summed E-state index contributed by atoms with van der Waals surface area (Å²) in [5.41, 5.74) is 0.913. The largest absolute Gasteiger partial charge is 0.351 e. The van der Waals surface area contributed by atoms with Crippen LogP contribution in [0.1, 0.15) is 18.5 Å². The molecule has 1 fully saturated rings. The molecule has 1 saturated heterocycles. The number of nitrogens with one attached hydrogen (secondary N) is 2. The lowest BCUT2D eigenvalue weighted by Crippen LogP contribution is -2.57. The molecule has 0 bridgehead atoms. The van der Waals surface area contributed by atoms with E-state index in [2.05, 4.69) is 25.6 Å². The van der Waals surface area contributed by atoms with Crippen LogP contribution in [0.25, 0.3) is 0 Å². The highest BCUT2D eigenvalue weighted by atomic mass is 16.1. The maximum Gasteiger partial charge on any atom is 0.220 e. The summed E-state index contributed by atoms with van der Waals surface area (Å²) in [4.78, 5) is 13.7. The Hall–Kier alpha value is -1.43. The van der Waals surface area contributed by atoms with Gasteiger partial charge < -0.3 is 10.2 Å². The van der Waals surface area contributed by atoms with Gasteiger partial charge in [0, 0.05) is 19.5 Å². The van der Waals surface area contributed by atoms with Gasteiger partial charge in [-0.05, 0) is 19.9 Å². The van der Waals surface area contributed by atoms with Gasteiger partial charge in [-0.2, -0.15) is 15.4 Å². The summed E-state index contributed by atoms with van der Waals surface area (Å²) < 4.78 is 0. The number of likely N-dealkylation sites (tertiary alicyclic amines) is 1. The summed E-state index contributed by atoms with van der Waals surface area (Å²) in [6.07, 6.45) is 3.88. The van der Waals surface area contributed by atoms with Crippen molar-refractivity contribution in [1.82, 2.24) is 25.6 Å². The van der Waals surface area contributed by atoms with Crippen molar-refractivity contribution in [2.75, 3.05) is 20.1 Å². The highest BCUT2D eigenvalue weighted by molar-refractivity contribution is 5.76. The zero-order chi connectivity index (χ0) is 11.4. The van der Waals surface area contributed by atoms with E-state index in [1.54, 1.807) is 6.20 Å². The van der Waals surface area contributed by atoms with Crippen LogP contribution in [0.4, 0.5) is 0 Å². The third-order valence-electron chi connectivity index (χ3n) is 2.73. The van der Waals surface area contributed by atoms with Crippen LogP contribution in [0.15, 0.2) is 6.20 Å². The van der Waals surface area contributed by atoms with Crippen molar-refractivity contribution in [3.8, 4) is 0 Å². The minimum Gasteiger partial charge on any atom is -0.351 e.